The number of hydrogen-bond donors (Lipinski definition) is 1. The van der Waals surface area contributed by atoms with Crippen LogP contribution in [0.4, 0.5) is 0 Å². The maximum absolute atomic E-state index is 6.22. The predicted octanol–water partition coefficient (Wildman–Crippen LogP) is 1.70. The lowest BCUT2D eigenvalue weighted by molar-refractivity contribution is 4.96. The van der Waals surface area contributed by atoms with Crippen LogP contribution in [0.3, 0.4) is 0 Å². The summed E-state index contributed by atoms with van der Waals surface area (Å²) >= 11 is 370. The molecule has 93 heteroatoms. The van der Waals surface area contributed by atoms with Gasteiger partial charge < -0.3 is 0 Å². The van der Waals surface area contributed by atoms with E-state index in [0.29, 0.717) is 9.83 Å². The van der Waals surface area contributed by atoms with Gasteiger partial charge in [-0.3, -0.25) is 0 Å². The van der Waals surface area contributed by atoms with Gasteiger partial charge in [0.05, 0.1) is 0 Å². The van der Waals surface area contributed by atoms with Gasteiger partial charge in [0.2, 0.25) is 0 Å². The van der Waals surface area contributed by atoms with Gasteiger partial charge in [-0.15, -0.1) is 0 Å². The highest BCUT2D eigenvalue weighted by Gasteiger charge is 2.50. The zero-order valence-corrected chi connectivity index (χ0v) is 115. The van der Waals surface area contributed by atoms with E-state index in [1.165, 1.54) is 0 Å². The Morgan fingerprint density at radius 3 is 0.258 bits per heavy atom. The van der Waals surface area contributed by atoms with Crippen molar-refractivity contribution in [3.63, 3.8) is 0 Å². The maximum atomic E-state index is 6.22. The molecule has 0 aliphatic heterocycles. The summed E-state index contributed by atoms with van der Waals surface area (Å²) in [6.07, 6.45) is 0. The van der Waals surface area contributed by atoms with Gasteiger partial charge in [0.1, 0.15) is 0 Å². The second kappa shape index (κ2) is 37.2. The van der Waals surface area contributed by atoms with Gasteiger partial charge in [0.15, 0.2) is 0 Å². The summed E-state index contributed by atoms with van der Waals surface area (Å²) in [5.74, 6) is 0. The zero-order valence-electron chi connectivity index (χ0n) is 38.0. The van der Waals surface area contributed by atoms with Crippen LogP contribution in [0.5, 0.6) is 0 Å². The van der Waals surface area contributed by atoms with Crippen molar-refractivity contribution in [3.05, 3.63) is 0 Å². The van der Waals surface area contributed by atoms with Gasteiger partial charge in [-0.2, -0.15) is 0 Å². The molecule has 0 saturated heterocycles. The molecule has 0 fully saturated rings. The second-order valence-electron chi connectivity index (χ2n) is 12.3. The van der Waals surface area contributed by atoms with E-state index in [0.717, 1.165) is 0 Å². The van der Waals surface area contributed by atoms with E-state index in [-0.39, 0.29) is 0 Å². The molecule has 0 aliphatic rings. The van der Waals surface area contributed by atoms with Crippen molar-refractivity contribution in [1.29, 1.82) is 0 Å². The Bertz CT molecular complexity index is 7180. The average molecular weight is 3080 g/mol. The van der Waals surface area contributed by atoms with Gasteiger partial charge >= 0.3 is 0 Å². The van der Waals surface area contributed by atoms with Gasteiger partial charge in [-0.25, -0.2) is 0 Å². The molecular weight excluding hydrogens is 3080 g/mol. The quantitative estimate of drug-likeness (QED) is 0.0481. The van der Waals surface area contributed by atoms with Crippen molar-refractivity contribution in [2.75, 3.05) is 0 Å². The molecule has 0 aromatic rings. The maximum Gasteiger partial charge on any atom is 0.0451 e. The fourth-order valence-electron chi connectivity index (χ4n) is 2.89. The third kappa shape index (κ3) is 18.6. The van der Waals surface area contributed by atoms with Crippen LogP contribution in [0.15, 0.2) is 0 Å². The monoisotopic (exact) mass is 3070 g/mol. The summed E-state index contributed by atoms with van der Waals surface area (Å²) in [6.45, 7) is 0. The van der Waals surface area contributed by atoms with Crippen LogP contribution in [0.1, 0.15) is 0 Å². The van der Waals surface area contributed by atoms with Crippen molar-refractivity contribution in [3.8, 4) is 0 Å². The van der Waals surface area contributed by atoms with E-state index in [4.69, 9.17) is 671 Å². The van der Waals surface area contributed by atoms with E-state index in [1.54, 1.807) is 21.2 Å². The molecule has 0 aromatic heterocycles. The van der Waals surface area contributed by atoms with E-state index in [2.05, 4.69) is 11.7 Å². The highest BCUT2D eigenvalue weighted by Crippen LogP contribution is 2.47. The molecule has 0 rings (SSSR count). The fourth-order valence-corrected chi connectivity index (χ4v) is 712. The normalized spacial score (nSPS) is 17.0. The Kier molecular flexibility index (Phi) is 47.2. The Balaban J connectivity index is 8.80. The van der Waals surface area contributed by atoms with E-state index in [9.17, 15) is 0 Å². The lowest BCUT2D eigenvalue weighted by Gasteiger charge is -2.37. The molecule has 0 radical (unpaired) electrons. The highest BCUT2D eigenvalue weighted by molar-refractivity contribution is 14.2. The third-order valence-electron chi connectivity index (χ3n) is 7.34. The molecule has 0 amide bonds. The molecule has 0 aromatic carbocycles. The Labute approximate surface area is 841 Å². The average Bonchev–Trinajstić information content (AvgIpc) is 0.686. The molecule has 0 heterocycles. The van der Waals surface area contributed by atoms with Crippen molar-refractivity contribution in [2.24, 2.45) is 0 Å². The largest absolute Gasteiger partial charge is 0.0983 e. The Morgan fingerprint density at radius 1 is 0.129 bits per heavy atom. The van der Waals surface area contributed by atoms with Gasteiger partial charge in [0.25, 0.3) is 0 Å². The van der Waals surface area contributed by atoms with Crippen LogP contribution in [-0.2, 0) is 826 Å². The molecule has 0 unspecified atom stereocenters. The summed E-state index contributed by atoms with van der Waals surface area (Å²) in [5, 5.41) is -113. The zero-order chi connectivity index (χ0) is 77.7. The van der Waals surface area contributed by atoms with Crippen molar-refractivity contribution in [2.45, 2.75) is 0 Å². The highest BCUT2D eigenvalue weighted by atomic mass is 127. The summed E-state index contributed by atoms with van der Waals surface area (Å²) < 4.78 is -2.76. The van der Waals surface area contributed by atoms with Crippen molar-refractivity contribution < 1.29 is 0 Å². The molecular formula is HIS92. The standard InChI is InChI=1S/HIS92/c1-64(3,4)66(7,8)68(11,12)70(15,16)72(19,20)74(23,24)76(27,28)78(31,32)80(35,36)82(39,40)84(43,44)86(47,48)88(51,52)90(55,56)92(59,60)93(61,62)91(57,58)89(53,54)87(49,50)85(45,46)83(41,42)81(37,38)79(33,34)77(29,30)75(25,26)73(21,22)71(17,18)69(13,14)67(9,10)65(5,6)63-2/h2H. The molecule has 0 N–H and O–H groups in total. The first kappa shape index (κ1) is 118. The summed E-state index contributed by atoms with van der Waals surface area (Å²) in [5.41, 5.74) is 0. The van der Waals surface area contributed by atoms with Crippen LogP contribution in [0.25, 0.3) is 0 Å². The minimum Gasteiger partial charge on any atom is -0.0983 e. The van der Waals surface area contributed by atoms with Crippen LogP contribution in [-0.4, -0.2) is 0 Å². The van der Waals surface area contributed by atoms with Crippen molar-refractivity contribution in [1.82, 2.24) is 0 Å². The van der Waals surface area contributed by atoms with Gasteiger partial charge in [-0.05, 0) is 681 Å². The lowest BCUT2D eigenvalue weighted by Crippen LogP contribution is -2.41. The summed E-state index contributed by atoms with van der Waals surface area (Å²) in [6, 6.07) is 0. The molecule has 0 nitrogen and oxygen atoms in total. The molecule has 0 saturated carbocycles. The van der Waals surface area contributed by atoms with Crippen LogP contribution in [0, 0.1) is 0 Å². The number of thiol groups is 1. The first-order valence-electron chi connectivity index (χ1n) is 15.3. The first-order valence-corrected chi connectivity index (χ1v) is 140. The van der Waals surface area contributed by atoms with E-state index < -0.39 is 154 Å². The summed E-state index contributed by atoms with van der Waals surface area (Å²) in [7, 11) is 0.713. The van der Waals surface area contributed by atoms with Crippen LogP contribution in [0.2, 0.25) is 0 Å². The van der Waals surface area contributed by atoms with Gasteiger partial charge in [-0.1, -0.05) is 11.7 Å². The predicted molar refractivity (Wildman–Crippen MR) is 693 cm³/mol. The molecule has 0 aliphatic carbocycles. The van der Waals surface area contributed by atoms with E-state index in [1.807, 2.05) is 0 Å². The van der Waals surface area contributed by atoms with Gasteiger partial charge in [0, 0.05) is 176 Å². The van der Waals surface area contributed by atoms with E-state index >= 15 is 0 Å². The third-order valence-corrected chi connectivity index (χ3v) is 602. The van der Waals surface area contributed by atoms with Crippen molar-refractivity contribution >= 4 is 868 Å². The molecule has 0 bridgehead atoms. The minimum absolute atomic E-state index is 0.713. The first-order chi connectivity index (χ1) is 38.8. The second-order valence-corrected chi connectivity index (χ2v) is 339. The molecule has 93 heavy (non-hydrogen) atoms. The fraction of sp³-hybridized carbons (Fsp3) is 0. The molecule has 560 valence electrons. The number of hydrogen-bond acceptors (Lipinski definition) is 62. The lowest BCUT2D eigenvalue weighted by atomic mass is 29.7. The van der Waals surface area contributed by atoms with Crippen LogP contribution < -0.4 is 0 Å². The SMILES string of the molecule is S=S(=S)(I)S(=S)(=S)S(=S)(=S)S(=S)(=S)S(=S)(=S)S(=S)(=S)S(=S)(=S)S(=S)(=S)S(=S)(=S)S(=S)(=S)S(=S)(=S)S(=S)(=S)S(=S)(=S)S(=S)(=S)S(=S)(=S)S(=S)(=S)S(=S)(=S)S(=S)(=S)S(=S)(=S)S(=S)(=S)S(=S)(=S)S(=S)(=S)S(=S)(=S)S(=S)(=S)S(=S)(=S)S(=S)(=S)S(=S)(=S)S(=S)(=S)S(=S)(=S)S(=S)(=S)SS. The smallest absolute Gasteiger partial charge is 0.0451 e. The number of halogens is 1. The molecule has 0 spiro atoms. The Morgan fingerprint density at radius 2 is 0.194 bits per heavy atom. The number of rotatable bonds is 30. The molecule has 0 atom stereocenters. The topological polar surface area (TPSA) is 0 Å². The minimum atomic E-state index is -4.17. The summed E-state index contributed by atoms with van der Waals surface area (Å²) in [4.78, 5) is 0. The van der Waals surface area contributed by atoms with Crippen LogP contribution >= 0.6 is 42.7 Å². The Hall–Kier alpha value is 25.1.